The van der Waals surface area contributed by atoms with Crippen LogP contribution in [0.15, 0.2) is 71.1 Å². The standard InChI is InChI=1S/C29H28N2O5/c1-30-29(32)36-28-24-17-23(19-7-8-19)25(31-13-15-33-16-14-31)18-26(24)35-27(28)20-9-11-22(12-10-20)34-21-5-3-2-4-6-21/h2-6,9-12,17-19H,7-8,13-16H2,1H3,(H,30,32). The first-order chi connectivity index (χ1) is 17.7. The maximum atomic E-state index is 12.3. The first-order valence-corrected chi connectivity index (χ1v) is 12.4. The summed E-state index contributed by atoms with van der Waals surface area (Å²) < 4.78 is 23.6. The van der Waals surface area contributed by atoms with Crippen LogP contribution >= 0.6 is 0 Å². The highest BCUT2D eigenvalue weighted by Crippen LogP contribution is 2.49. The second-order valence-electron chi connectivity index (χ2n) is 9.12. The summed E-state index contributed by atoms with van der Waals surface area (Å²) in [5, 5.41) is 3.35. The highest BCUT2D eigenvalue weighted by atomic mass is 16.6. The predicted molar refractivity (Wildman–Crippen MR) is 138 cm³/mol. The molecule has 0 atom stereocenters. The molecule has 0 radical (unpaired) electrons. The van der Waals surface area contributed by atoms with Gasteiger partial charge < -0.3 is 28.8 Å². The van der Waals surface area contributed by atoms with Crippen LogP contribution in [0.4, 0.5) is 10.5 Å². The molecular weight excluding hydrogens is 456 g/mol. The summed E-state index contributed by atoms with van der Waals surface area (Å²) in [6, 6.07) is 21.5. The normalized spacial score (nSPS) is 15.6. The minimum atomic E-state index is -0.534. The van der Waals surface area contributed by atoms with Gasteiger partial charge in [-0.25, -0.2) is 4.79 Å². The number of benzene rings is 3. The second kappa shape index (κ2) is 9.59. The zero-order valence-electron chi connectivity index (χ0n) is 20.2. The van der Waals surface area contributed by atoms with Crippen molar-refractivity contribution < 1.29 is 23.4 Å². The lowest BCUT2D eigenvalue weighted by Gasteiger charge is -2.30. The quantitative estimate of drug-likeness (QED) is 0.345. The van der Waals surface area contributed by atoms with Crippen LogP contribution in [-0.2, 0) is 4.74 Å². The molecule has 0 bridgehead atoms. The van der Waals surface area contributed by atoms with Crippen LogP contribution in [0.5, 0.6) is 17.2 Å². The number of hydrogen-bond acceptors (Lipinski definition) is 6. The van der Waals surface area contributed by atoms with E-state index in [-0.39, 0.29) is 0 Å². The molecule has 3 aromatic carbocycles. The Balaban J connectivity index is 1.41. The molecular formula is C29H28N2O5. The molecule has 1 N–H and O–H groups in total. The van der Waals surface area contributed by atoms with E-state index in [1.807, 2.05) is 54.6 Å². The number of carbonyl (C=O) groups is 1. The molecule has 2 aliphatic rings. The van der Waals surface area contributed by atoms with Crippen molar-refractivity contribution in [2.75, 3.05) is 38.3 Å². The molecule has 1 amide bonds. The van der Waals surface area contributed by atoms with Gasteiger partial charge in [0, 0.05) is 37.5 Å². The average molecular weight is 485 g/mol. The highest BCUT2D eigenvalue weighted by Gasteiger charge is 2.31. The number of rotatable bonds is 6. The topological polar surface area (TPSA) is 73.2 Å². The lowest BCUT2D eigenvalue weighted by molar-refractivity contribution is 0.122. The first-order valence-electron chi connectivity index (χ1n) is 12.4. The zero-order chi connectivity index (χ0) is 24.5. The molecule has 2 fully saturated rings. The van der Waals surface area contributed by atoms with E-state index in [2.05, 4.69) is 22.3 Å². The Morgan fingerprint density at radius 2 is 1.69 bits per heavy atom. The Labute approximate surface area is 209 Å². The molecule has 4 aromatic rings. The number of carbonyl (C=O) groups excluding carboxylic acids is 1. The fourth-order valence-corrected chi connectivity index (χ4v) is 4.66. The van der Waals surface area contributed by atoms with Crippen LogP contribution in [0.2, 0.25) is 0 Å². The molecule has 7 heteroatoms. The molecule has 184 valence electrons. The van der Waals surface area contributed by atoms with Crippen molar-refractivity contribution in [1.29, 1.82) is 0 Å². The molecule has 2 heterocycles. The van der Waals surface area contributed by atoms with E-state index in [0.717, 1.165) is 29.8 Å². The Hall–Kier alpha value is -3.97. The molecule has 0 spiro atoms. The van der Waals surface area contributed by atoms with Gasteiger partial charge in [-0.3, -0.25) is 0 Å². The third kappa shape index (κ3) is 4.50. The first kappa shape index (κ1) is 22.5. The van der Waals surface area contributed by atoms with Gasteiger partial charge >= 0.3 is 6.09 Å². The lowest BCUT2D eigenvalue weighted by Crippen LogP contribution is -2.36. The summed E-state index contributed by atoms with van der Waals surface area (Å²) in [6.07, 6.45) is 1.80. The van der Waals surface area contributed by atoms with Gasteiger partial charge in [-0.05, 0) is 66.8 Å². The van der Waals surface area contributed by atoms with Gasteiger partial charge in [-0.2, -0.15) is 0 Å². The number of nitrogens with one attached hydrogen (secondary N) is 1. The number of morpholine rings is 1. The molecule has 1 saturated heterocycles. The van der Waals surface area contributed by atoms with Crippen LogP contribution in [0.3, 0.4) is 0 Å². The van der Waals surface area contributed by atoms with Gasteiger partial charge in [0.25, 0.3) is 0 Å². The second-order valence-corrected chi connectivity index (χ2v) is 9.12. The summed E-state index contributed by atoms with van der Waals surface area (Å²) in [4.78, 5) is 14.7. The molecule has 0 unspecified atom stereocenters. The third-order valence-corrected chi connectivity index (χ3v) is 6.65. The molecule has 1 saturated carbocycles. The molecule has 1 aromatic heterocycles. The molecule has 1 aliphatic carbocycles. The van der Waals surface area contributed by atoms with Crippen LogP contribution in [-0.4, -0.2) is 39.4 Å². The molecule has 6 rings (SSSR count). The fourth-order valence-electron chi connectivity index (χ4n) is 4.66. The smallest absolute Gasteiger partial charge is 0.412 e. The van der Waals surface area contributed by atoms with Crippen molar-refractivity contribution in [3.8, 4) is 28.6 Å². The summed E-state index contributed by atoms with van der Waals surface area (Å²) in [5.41, 5.74) is 3.96. The molecule has 36 heavy (non-hydrogen) atoms. The van der Waals surface area contributed by atoms with Crippen molar-refractivity contribution in [3.63, 3.8) is 0 Å². The van der Waals surface area contributed by atoms with E-state index >= 15 is 0 Å². The monoisotopic (exact) mass is 484 g/mol. The maximum absolute atomic E-state index is 12.3. The van der Waals surface area contributed by atoms with E-state index in [1.165, 1.54) is 24.1 Å². The van der Waals surface area contributed by atoms with Gasteiger partial charge in [0.05, 0.1) is 18.6 Å². The Morgan fingerprint density at radius 3 is 2.39 bits per heavy atom. The number of hydrogen-bond donors (Lipinski definition) is 1. The van der Waals surface area contributed by atoms with Crippen molar-refractivity contribution in [1.82, 2.24) is 5.32 Å². The van der Waals surface area contributed by atoms with Gasteiger partial charge in [0.2, 0.25) is 0 Å². The van der Waals surface area contributed by atoms with E-state index in [4.69, 9.17) is 18.6 Å². The van der Waals surface area contributed by atoms with E-state index in [1.54, 1.807) is 7.05 Å². The fraction of sp³-hybridized carbons (Fsp3) is 0.276. The molecule has 7 nitrogen and oxygen atoms in total. The highest BCUT2D eigenvalue weighted by molar-refractivity contribution is 5.96. The van der Waals surface area contributed by atoms with E-state index in [9.17, 15) is 4.79 Å². The average Bonchev–Trinajstić information content (AvgIpc) is 3.72. The van der Waals surface area contributed by atoms with Gasteiger partial charge in [-0.15, -0.1) is 0 Å². The van der Waals surface area contributed by atoms with Crippen LogP contribution < -0.4 is 19.7 Å². The van der Waals surface area contributed by atoms with Crippen LogP contribution in [0.1, 0.15) is 24.3 Å². The minimum Gasteiger partial charge on any atom is -0.457 e. The van der Waals surface area contributed by atoms with Crippen molar-refractivity contribution in [2.45, 2.75) is 18.8 Å². The van der Waals surface area contributed by atoms with Crippen LogP contribution in [0.25, 0.3) is 22.3 Å². The van der Waals surface area contributed by atoms with Crippen molar-refractivity contribution in [3.05, 3.63) is 72.3 Å². The Kier molecular flexibility index (Phi) is 5.99. The van der Waals surface area contributed by atoms with Gasteiger partial charge in [0.15, 0.2) is 11.5 Å². The van der Waals surface area contributed by atoms with E-state index < -0.39 is 6.09 Å². The van der Waals surface area contributed by atoms with Crippen molar-refractivity contribution in [2.24, 2.45) is 0 Å². The van der Waals surface area contributed by atoms with Crippen molar-refractivity contribution >= 4 is 22.7 Å². The Bertz CT molecular complexity index is 1370. The number of amides is 1. The number of para-hydroxylation sites is 1. The predicted octanol–water partition coefficient (Wildman–Crippen LogP) is 6.32. The van der Waals surface area contributed by atoms with Crippen LogP contribution in [0, 0.1) is 0 Å². The Morgan fingerprint density at radius 1 is 0.972 bits per heavy atom. The minimum absolute atomic E-state index is 0.427. The SMILES string of the molecule is CNC(=O)Oc1c(-c2ccc(Oc3ccccc3)cc2)oc2cc(N3CCOCC3)c(C3CC3)cc12. The summed E-state index contributed by atoms with van der Waals surface area (Å²) in [7, 11) is 1.55. The number of anilines is 1. The number of ether oxygens (including phenoxy) is 3. The van der Waals surface area contributed by atoms with Gasteiger partial charge in [0.1, 0.15) is 17.1 Å². The maximum Gasteiger partial charge on any atom is 0.412 e. The number of nitrogens with zero attached hydrogens (tertiary/aromatic N) is 1. The summed E-state index contributed by atoms with van der Waals surface area (Å²) in [6.45, 7) is 3.13. The largest absolute Gasteiger partial charge is 0.457 e. The summed E-state index contributed by atoms with van der Waals surface area (Å²) >= 11 is 0. The number of fused-ring (bicyclic) bond motifs is 1. The molecule has 1 aliphatic heterocycles. The zero-order valence-corrected chi connectivity index (χ0v) is 20.2. The summed E-state index contributed by atoms with van der Waals surface area (Å²) in [5.74, 6) is 2.94. The lowest BCUT2D eigenvalue weighted by atomic mass is 10.0. The third-order valence-electron chi connectivity index (χ3n) is 6.65. The van der Waals surface area contributed by atoms with Gasteiger partial charge in [-0.1, -0.05) is 18.2 Å². The number of furan rings is 1. The van der Waals surface area contributed by atoms with E-state index in [0.29, 0.717) is 42.0 Å².